The first-order chi connectivity index (χ1) is 6.04. The number of nitro benzene ring substituents is 2. The van der Waals surface area contributed by atoms with Gasteiger partial charge in [0.2, 0.25) is 0 Å². The number of hydrogen-bond donors (Lipinski definition) is 0. The summed E-state index contributed by atoms with van der Waals surface area (Å²) in [4.78, 5) is 19.4. The van der Waals surface area contributed by atoms with E-state index in [0.717, 1.165) is 0 Å². The van der Waals surface area contributed by atoms with Crippen LogP contribution in [0.2, 0.25) is 0 Å². The van der Waals surface area contributed by atoms with Gasteiger partial charge in [0.25, 0.3) is 0 Å². The summed E-state index contributed by atoms with van der Waals surface area (Å²) in [6.45, 7) is 0. The van der Waals surface area contributed by atoms with Gasteiger partial charge in [-0.1, -0.05) is 0 Å². The third-order valence-electron chi connectivity index (χ3n) is 1.39. The SMILES string of the molecule is O=[N+]([O-])c1cccc([N+](=O)[O-])c1[SeH]. The fourth-order valence-corrected chi connectivity index (χ4v) is 1.47. The first-order valence-corrected chi connectivity index (χ1v) is 4.08. The van der Waals surface area contributed by atoms with Crippen molar-refractivity contribution in [2.24, 2.45) is 0 Å². The molecule has 1 aromatic rings. The van der Waals surface area contributed by atoms with Gasteiger partial charge >= 0.3 is 80.1 Å². The fourth-order valence-electron chi connectivity index (χ4n) is 0.814. The van der Waals surface area contributed by atoms with E-state index in [4.69, 9.17) is 0 Å². The second kappa shape index (κ2) is 3.51. The second-order valence-electron chi connectivity index (χ2n) is 2.16. The third kappa shape index (κ3) is 1.82. The molecule has 1 rings (SSSR count). The van der Waals surface area contributed by atoms with Crippen molar-refractivity contribution in [3.05, 3.63) is 38.4 Å². The van der Waals surface area contributed by atoms with Crippen molar-refractivity contribution in [2.75, 3.05) is 0 Å². The number of hydrogen-bond acceptors (Lipinski definition) is 4. The molecule has 0 N–H and O–H groups in total. The van der Waals surface area contributed by atoms with Crippen LogP contribution in [0.15, 0.2) is 18.2 Å². The molecule has 0 amide bonds. The molecule has 68 valence electrons. The molecule has 0 unspecified atom stereocenters. The Kier molecular flexibility index (Phi) is 2.60. The van der Waals surface area contributed by atoms with Crippen molar-refractivity contribution in [3.8, 4) is 0 Å². The summed E-state index contributed by atoms with van der Waals surface area (Å²) < 4.78 is 0.0185. The van der Waals surface area contributed by atoms with E-state index in [1.165, 1.54) is 18.2 Å². The molecule has 0 atom stereocenters. The van der Waals surface area contributed by atoms with E-state index in [0.29, 0.717) is 0 Å². The van der Waals surface area contributed by atoms with E-state index in [-0.39, 0.29) is 15.8 Å². The standard InChI is InChI=1S/C6H4N2O4Se/c9-7(10)4-2-1-3-5(6(4)13)8(11)12/h1-3,13H. The van der Waals surface area contributed by atoms with E-state index in [1.54, 1.807) is 0 Å². The van der Waals surface area contributed by atoms with Crippen molar-refractivity contribution in [2.45, 2.75) is 0 Å². The first-order valence-electron chi connectivity index (χ1n) is 3.15. The summed E-state index contributed by atoms with van der Waals surface area (Å²) in [5.74, 6) is 0. The van der Waals surface area contributed by atoms with Gasteiger partial charge in [-0.3, -0.25) is 0 Å². The Labute approximate surface area is 80.7 Å². The van der Waals surface area contributed by atoms with Gasteiger partial charge in [0, 0.05) is 0 Å². The van der Waals surface area contributed by atoms with Crippen LogP contribution in [-0.2, 0) is 0 Å². The van der Waals surface area contributed by atoms with Crippen LogP contribution >= 0.6 is 0 Å². The van der Waals surface area contributed by atoms with E-state index in [1.807, 2.05) is 16.0 Å². The van der Waals surface area contributed by atoms with Crippen LogP contribution in [0.4, 0.5) is 11.4 Å². The van der Waals surface area contributed by atoms with E-state index in [9.17, 15) is 20.2 Å². The normalized spacial score (nSPS) is 9.62. The predicted molar refractivity (Wildman–Crippen MR) is 46.5 cm³/mol. The molecular formula is C6H4N2O4Se. The minimum absolute atomic E-state index is 0.0185. The monoisotopic (exact) mass is 248 g/mol. The molecule has 0 aliphatic carbocycles. The minimum atomic E-state index is -0.652. The zero-order valence-electron chi connectivity index (χ0n) is 6.21. The molecule has 0 fully saturated rings. The van der Waals surface area contributed by atoms with Crippen LogP contribution in [0.25, 0.3) is 0 Å². The van der Waals surface area contributed by atoms with Gasteiger partial charge < -0.3 is 0 Å². The Morgan fingerprint density at radius 3 is 1.77 bits per heavy atom. The average molecular weight is 247 g/mol. The number of nitro groups is 2. The molecule has 1 aromatic carbocycles. The van der Waals surface area contributed by atoms with Crippen LogP contribution in [0.3, 0.4) is 0 Å². The summed E-state index contributed by atoms with van der Waals surface area (Å²) in [6.07, 6.45) is 0. The molecule has 7 heteroatoms. The molecule has 0 saturated carbocycles. The second-order valence-corrected chi connectivity index (χ2v) is 3.10. The molecule has 0 aromatic heterocycles. The molecule has 0 aliphatic rings. The Balaban J connectivity index is 3.35. The molecule has 0 saturated heterocycles. The molecule has 0 spiro atoms. The van der Waals surface area contributed by atoms with Crippen molar-refractivity contribution in [1.29, 1.82) is 0 Å². The Morgan fingerprint density at radius 2 is 1.46 bits per heavy atom. The fraction of sp³-hybridized carbons (Fsp3) is 0. The maximum absolute atomic E-state index is 10.4. The average Bonchev–Trinajstić information content (AvgIpc) is 2.03. The molecule has 0 radical (unpaired) electrons. The Morgan fingerprint density at radius 1 is 1.08 bits per heavy atom. The van der Waals surface area contributed by atoms with Crippen LogP contribution in [0.1, 0.15) is 0 Å². The van der Waals surface area contributed by atoms with Crippen LogP contribution < -0.4 is 4.46 Å². The van der Waals surface area contributed by atoms with Gasteiger partial charge in [-0.2, -0.15) is 0 Å². The molecule has 13 heavy (non-hydrogen) atoms. The summed E-state index contributed by atoms with van der Waals surface area (Å²) in [5.41, 5.74) is -0.511. The van der Waals surface area contributed by atoms with Gasteiger partial charge in [0.05, 0.1) is 0 Å². The van der Waals surface area contributed by atoms with Gasteiger partial charge in [0.15, 0.2) is 0 Å². The zero-order chi connectivity index (χ0) is 10.0. The van der Waals surface area contributed by atoms with Crippen molar-refractivity contribution < 1.29 is 9.85 Å². The molecule has 0 bridgehead atoms. The van der Waals surface area contributed by atoms with Crippen LogP contribution in [0, 0.1) is 20.2 Å². The van der Waals surface area contributed by atoms with E-state index < -0.39 is 9.85 Å². The van der Waals surface area contributed by atoms with Crippen molar-refractivity contribution >= 4 is 31.8 Å². The van der Waals surface area contributed by atoms with Gasteiger partial charge in [-0.15, -0.1) is 0 Å². The van der Waals surface area contributed by atoms with Crippen molar-refractivity contribution in [3.63, 3.8) is 0 Å². The molecular weight excluding hydrogens is 243 g/mol. The van der Waals surface area contributed by atoms with Crippen molar-refractivity contribution in [1.82, 2.24) is 0 Å². The number of benzene rings is 1. The zero-order valence-corrected chi connectivity index (χ0v) is 8.08. The number of rotatable bonds is 2. The van der Waals surface area contributed by atoms with E-state index in [2.05, 4.69) is 0 Å². The quantitative estimate of drug-likeness (QED) is 0.419. The topological polar surface area (TPSA) is 86.3 Å². The Bertz CT molecular complexity index is 347. The summed E-state index contributed by atoms with van der Waals surface area (Å²) in [7, 11) is 0. The summed E-state index contributed by atoms with van der Waals surface area (Å²) in [5, 5.41) is 20.7. The van der Waals surface area contributed by atoms with Gasteiger partial charge in [-0.25, -0.2) is 0 Å². The molecule has 0 heterocycles. The summed E-state index contributed by atoms with van der Waals surface area (Å²) >= 11 is 1.84. The maximum atomic E-state index is 10.4. The Hall–Kier alpha value is -1.46. The predicted octanol–water partition coefficient (Wildman–Crippen LogP) is 0.0291. The van der Waals surface area contributed by atoms with Crippen LogP contribution in [-0.4, -0.2) is 25.9 Å². The molecule has 0 aliphatic heterocycles. The first kappa shape index (κ1) is 9.63. The van der Waals surface area contributed by atoms with Crippen LogP contribution in [0.5, 0.6) is 0 Å². The summed E-state index contributed by atoms with van der Waals surface area (Å²) in [6, 6.07) is 3.73. The van der Waals surface area contributed by atoms with E-state index >= 15 is 0 Å². The number of nitrogens with zero attached hydrogens (tertiary/aromatic N) is 2. The van der Waals surface area contributed by atoms with Gasteiger partial charge in [-0.05, 0) is 0 Å². The van der Waals surface area contributed by atoms with Gasteiger partial charge in [0.1, 0.15) is 0 Å². The molecule has 6 nitrogen and oxygen atoms in total. The third-order valence-corrected chi connectivity index (χ3v) is 2.35.